The van der Waals surface area contributed by atoms with Crippen molar-refractivity contribution in [1.82, 2.24) is 0 Å². The molecule has 0 aliphatic heterocycles. The SMILES string of the molecule is C=COC(=O)C(C)(OC=O)[C]1c2ccccc21. The lowest BCUT2D eigenvalue weighted by Gasteiger charge is -2.23. The summed E-state index contributed by atoms with van der Waals surface area (Å²) in [6.45, 7) is 5.06. The maximum Gasteiger partial charge on any atom is 0.356 e. The molecule has 17 heavy (non-hydrogen) atoms. The molecular formula is C13H11O4. The Balaban J connectivity index is 2.28. The topological polar surface area (TPSA) is 52.6 Å². The fourth-order valence-electron chi connectivity index (χ4n) is 1.87. The zero-order valence-electron chi connectivity index (χ0n) is 9.30. The van der Waals surface area contributed by atoms with Crippen LogP contribution in [0.5, 0.6) is 0 Å². The molecule has 0 spiro atoms. The van der Waals surface area contributed by atoms with E-state index in [1.54, 1.807) is 0 Å². The molecule has 1 aromatic carbocycles. The van der Waals surface area contributed by atoms with Gasteiger partial charge in [0, 0.05) is 0 Å². The highest BCUT2D eigenvalue weighted by atomic mass is 16.6. The molecule has 0 heterocycles. The van der Waals surface area contributed by atoms with Crippen LogP contribution in [0, 0.1) is 5.92 Å². The number of carbonyl (C=O) groups excluding carboxylic acids is 2. The smallest absolute Gasteiger partial charge is 0.356 e. The third-order valence-electron chi connectivity index (χ3n) is 2.74. The number of carbonyl (C=O) groups is 2. The molecule has 1 aliphatic carbocycles. The van der Waals surface area contributed by atoms with Crippen LogP contribution in [-0.2, 0) is 19.1 Å². The minimum absolute atomic E-state index is 0.246. The summed E-state index contributed by atoms with van der Waals surface area (Å²) < 4.78 is 9.62. The van der Waals surface area contributed by atoms with Crippen LogP contribution in [-0.4, -0.2) is 18.0 Å². The molecule has 0 aromatic heterocycles. The number of esters is 1. The summed E-state index contributed by atoms with van der Waals surface area (Å²) >= 11 is 0. The number of hydrogen-bond acceptors (Lipinski definition) is 4. The Bertz CT molecular complexity index is 457. The van der Waals surface area contributed by atoms with Crippen LogP contribution in [0.15, 0.2) is 37.1 Å². The minimum Gasteiger partial charge on any atom is -0.448 e. The number of rotatable bonds is 5. The molecule has 0 bridgehead atoms. The standard InChI is InChI=1S/C13H11O4/c1-3-16-12(15)13(2,17-8-14)11-9-6-4-5-7-10(9)11/h3-8H,1H2,2H3. The zero-order chi connectivity index (χ0) is 12.5. The Kier molecular flexibility index (Phi) is 2.71. The lowest BCUT2D eigenvalue weighted by molar-refractivity contribution is -0.165. The van der Waals surface area contributed by atoms with E-state index in [4.69, 9.17) is 9.47 Å². The minimum atomic E-state index is -1.40. The van der Waals surface area contributed by atoms with E-state index in [2.05, 4.69) is 6.58 Å². The lowest BCUT2D eigenvalue weighted by atomic mass is 9.97. The predicted octanol–water partition coefficient (Wildman–Crippen LogP) is 1.59. The van der Waals surface area contributed by atoms with Crippen LogP contribution in [0.25, 0.3) is 0 Å². The third-order valence-corrected chi connectivity index (χ3v) is 2.74. The Labute approximate surface area is 98.8 Å². The molecule has 87 valence electrons. The van der Waals surface area contributed by atoms with Crippen LogP contribution in [0.4, 0.5) is 0 Å². The van der Waals surface area contributed by atoms with Gasteiger partial charge in [-0.25, -0.2) is 4.79 Å². The Hall–Kier alpha value is -2.10. The molecule has 0 saturated carbocycles. The van der Waals surface area contributed by atoms with Gasteiger partial charge in [-0.1, -0.05) is 30.8 Å². The van der Waals surface area contributed by atoms with Crippen molar-refractivity contribution in [2.45, 2.75) is 12.5 Å². The molecule has 1 unspecified atom stereocenters. The van der Waals surface area contributed by atoms with Crippen molar-refractivity contribution in [2.24, 2.45) is 0 Å². The average molecular weight is 231 g/mol. The van der Waals surface area contributed by atoms with E-state index < -0.39 is 11.6 Å². The highest BCUT2D eigenvalue weighted by Gasteiger charge is 2.55. The third kappa shape index (κ3) is 1.71. The second-order valence-electron chi connectivity index (χ2n) is 3.74. The lowest BCUT2D eigenvalue weighted by Crippen LogP contribution is -2.41. The van der Waals surface area contributed by atoms with Gasteiger partial charge < -0.3 is 9.47 Å². The van der Waals surface area contributed by atoms with Gasteiger partial charge in [0.1, 0.15) is 0 Å². The van der Waals surface area contributed by atoms with Gasteiger partial charge in [0.25, 0.3) is 6.47 Å². The van der Waals surface area contributed by atoms with Crippen molar-refractivity contribution >= 4 is 12.4 Å². The molecule has 2 rings (SSSR count). The van der Waals surface area contributed by atoms with E-state index in [1.165, 1.54) is 6.92 Å². The first-order chi connectivity index (χ1) is 8.15. The first kappa shape index (κ1) is 11.4. The maximum atomic E-state index is 11.8. The van der Waals surface area contributed by atoms with E-state index in [-0.39, 0.29) is 6.47 Å². The normalized spacial score (nSPS) is 16.3. The van der Waals surface area contributed by atoms with Gasteiger partial charge in [-0.3, -0.25) is 4.79 Å². The molecule has 0 fully saturated rings. The monoisotopic (exact) mass is 231 g/mol. The van der Waals surface area contributed by atoms with E-state index in [0.29, 0.717) is 5.92 Å². The predicted molar refractivity (Wildman–Crippen MR) is 59.7 cm³/mol. The van der Waals surface area contributed by atoms with Gasteiger partial charge in [0.2, 0.25) is 5.60 Å². The molecular weight excluding hydrogens is 220 g/mol. The van der Waals surface area contributed by atoms with Gasteiger partial charge in [-0.15, -0.1) is 0 Å². The van der Waals surface area contributed by atoms with Gasteiger partial charge in [0.15, 0.2) is 0 Å². The van der Waals surface area contributed by atoms with Crippen LogP contribution >= 0.6 is 0 Å². The van der Waals surface area contributed by atoms with Gasteiger partial charge in [-0.05, 0) is 18.1 Å². The van der Waals surface area contributed by atoms with Gasteiger partial charge in [-0.2, -0.15) is 0 Å². The summed E-state index contributed by atoms with van der Waals surface area (Å²) in [6.07, 6.45) is 1.02. The van der Waals surface area contributed by atoms with Crippen LogP contribution in [0.3, 0.4) is 0 Å². The summed E-state index contributed by atoms with van der Waals surface area (Å²) in [6, 6.07) is 7.43. The first-order valence-electron chi connectivity index (χ1n) is 5.06. The molecule has 4 heteroatoms. The van der Waals surface area contributed by atoms with E-state index in [0.717, 1.165) is 17.4 Å². The summed E-state index contributed by atoms with van der Waals surface area (Å²) in [5.74, 6) is 0.0206. The zero-order valence-corrected chi connectivity index (χ0v) is 9.30. The molecule has 0 amide bonds. The van der Waals surface area contributed by atoms with E-state index in [9.17, 15) is 9.59 Å². The first-order valence-corrected chi connectivity index (χ1v) is 5.06. The second kappa shape index (κ2) is 4.05. The fourth-order valence-corrected chi connectivity index (χ4v) is 1.87. The average Bonchev–Trinajstić information content (AvgIpc) is 3.04. The van der Waals surface area contributed by atoms with Crippen LogP contribution in [0.1, 0.15) is 18.1 Å². The van der Waals surface area contributed by atoms with Gasteiger partial charge in [0.05, 0.1) is 12.2 Å². The summed E-state index contributed by atoms with van der Waals surface area (Å²) in [5, 5.41) is 0. The molecule has 4 nitrogen and oxygen atoms in total. The second-order valence-corrected chi connectivity index (χ2v) is 3.74. The molecule has 0 saturated heterocycles. The maximum absolute atomic E-state index is 11.8. The van der Waals surface area contributed by atoms with Crippen molar-refractivity contribution in [3.8, 4) is 0 Å². The highest BCUT2D eigenvalue weighted by molar-refractivity contribution is 5.92. The van der Waals surface area contributed by atoms with Crippen molar-refractivity contribution in [3.05, 3.63) is 54.2 Å². The molecule has 1 aromatic rings. The van der Waals surface area contributed by atoms with Crippen LogP contribution < -0.4 is 0 Å². The van der Waals surface area contributed by atoms with Crippen LogP contribution in [0.2, 0.25) is 0 Å². The molecule has 1 aliphatic rings. The number of hydrogen-bond donors (Lipinski definition) is 0. The molecule has 1 radical (unpaired) electrons. The van der Waals surface area contributed by atoms with Crippen molar-refractivity contribution in [2.75, 3.05) is 0 Å². The Morgan fingerprint density at radius 2 is 1.94 bits per heavy atom. The molecule has 1 atom stereocenters. The number of ether oxygens (including phenoxy) is 2. The number of benzene rings is 1. The summed E-state index contributed by atoms with van der Waals surface area (Å²) in [5.41, 5.74) is 0.426. The molecule has 0 N–H and O–H groups in total. The fraction of sp³-hybridized carbons (Fsp3) is 0.154. The Morgan fingerprint density at radius 1 is 1.35 bits per heavy atom. The van der Waals surface area contributed by atoms with Crippen molar-refractivity contribution in [1.29, 1.82) is 0 Å². The number of fused-ring (bicyclic) bond motifs is 1. The van der Waals surface area contributed by atoms with Gasteiger partial charge >= 0.3 is 5.97 Å². The Morgan fingerprint density at radius 3 is 2.41 bits per heavy atom. The van der Waals surface area contributed by atoms with E-state index in [1.807, 2.05) is 24.3 Å². The summed E-state index contributed by atoms with van der Waals surface area (Å²) in [7, 11) is 0. The largest absolute Gasteiger partial charge is 0.448 e. The van der Waals surface area contributed by atoms with E-state index >= 15 is 0 Å². The van der Waals surface area contributed by atoms with Crippen molar-refractivity contribution in [3.63, 3.8) is 0 Å². The quantitative estimate of drug-likeness (QED) is 0.438. The summed E-state index contributed by atoms with van der Waals surface area (Å²) in [4.78, 5) is 22.4. The van der Waals surface area contributed by atoms with Crippen molar-refractivity contribution < 1.29 is 19.1 Å². The highest BCUT2D eigenvalue weighted by Crippen LogP contribution is 2.50.